The molecule has 0 bridgehead atoms. The van der Waals surface area contributed by atoms with Crippen molar-refractivity contribution in [2.75, 3.05) is 33.3 Å². The van der Waals surface area contributed by atoms with E-state index in [1.807, 2.05) is 0 Å². The molecule has 8 nitrogen and oxygen atoms in total. The molecule has 0 radical (unpaired) electrons. The van der Waals surface area contributed by atoms with E-state index < -0.39 is 10.0 Å². The number of benzene rings is 1. The van der Waals surface area contributed by atoms with E-state index in [0.717, 1.165) is 38.5 Å². The molecule has 0 aromatic heterocycles. The van der Waals surface area contributed by atoms with Gasteiger partial charge in [0, 0.05) is 32.2 Å². The molecule has 1 N–H and O–H groups in total. The Morgan fingerprint density at radius 2 is 1.79 bits per heavy atom. The molecule has 1 aromatic rings. The van der Waals surface area contributed by atoms with Crippen LogP contribution in [0.4, 0.5) is 0 Å². The number of likely N-dealkylation sites (tertiary alicyclic amines) is 1. The topological polar surface area (TPSA) is 96.0 Å². The van der Waals surface area contributed by atoms with Gasteiger partial charge in [0.15, 0.2) is 0 Å². The van der Waals surface area contributed by atoms with Crippen LogP contribution >= 0.6 is 0 Å². The van der Waals surface area contributed by atoms with Crippen LogP contribution in [0, 0.1) is 5.92 Å². The number of nitrogens with one attached hydrogen (secondary N) is 1. The minimum atomic E-state index is -3.71. The molecule has 2 amide bonds. The molecule has 0 spiro atoms. The molecular formula is C24H37N3O5S. The summed E-state index contributed by atoms with van der Waals surface area (Å²) >= 11 is 0. The Kier molecular flexibility index (Phi) is 8.75. The lowest BCUT2D eigenvalue weighted by atomic mass is 9.92. The monoisotopic (exact) mass is 479 g/mol. The Bertz CT molecular complexity index is 939. The average molecular weight is 480 g/mol. The Morgan fingerprint density at radius 1 is 1.09 bits per heavy atom. The Morgan fingerprint density at radius 3 is 2.42 bits per heavy atom. The number of ether oxygens (including phenoxy) is 1. The number of nitrogens with zero attached hydrogens (tertiary/aromatic N) is 2. The molecule has 1 saturated heterocycles. The fourth-order valence-corrected chi connectivity index (χ4v) is 6.32. The van der Waals surface area contributed by atoms with Crippen molar-refractivity contribution in [3.8, 4) is 5.75 Å². The van der Waals surface area contributed by atoms with Crippen molar-refractivity contribution >= 4 is 21.8 Å². The first-order valence-corrected chi connectivity index (χ1v) is 13.5. The van der Waals surface area contributed by atoms with Gasteiger partial charge in [-0.2, -0.15) is 4.31 Å². The molecule has 9 heteroatoms. The molecule has 2 aliphatic rings. The van der Waals surface area contributed by atoms with Crippen LogP contribution in [-0.4, -0.2) is 68.8 Å². The van der Waals surface area contributed by atoms with Crippen LogP contribution in [0.1, 0.15) is 69.2 Å². The van der Waals surface area contributed by atoms with Crippen LogP contribution < -0.4 is 10.1 Å². The van der Waals surface area contributed by atoms with Gasteiger partial charge in [0.05, 0.1) is 23.5 Å². The first kappa shape index (κ1) is 25.5. The van der Waals surface area contributed by atoms with Crippen molar-refractivity contribution in [2.45, 2.75) is 69.7 Å². The quantitative estimate of drug-likeness (QED) is 0.618. The van der Waals surface area contributed by atoms with Gasteiger partial charge in [-0.05, 0) is 43.9 Å². The average Bonchev–Trinajstić information content (AvgIpc) is 2.84. The highest BCUT2D eigenvalue weighted by molar-refractivity contribution is 7.89. The highest BCUT2D eigenvalue weighted by Crippen LogP contribution is 2.28. The SMILES string of the molecule is CCN(CC)S(=O)(=O)c1ccc(OC)c(C(=O)N2CCCC(C(=O)NC3CCCCC3)C2)c1. The minimum absolute atomic E-state index is 0.0178. The molecule has 1 aliphatic heterocycles. The molecule has 1 aliphatic carbocycles. The van der Waals surface area contributed by atoms with Crippen LogP contribution in [-0.2, 0) is 14.8 Å². The number of rotatable bonds is 8. The van der Waals surface area contributed by atoms with E-state index in [9.17, 15) is 18.0 Å². The van der Waals surface area contributed by atoms with Crippen molar-refractivity contribution < 1.29 is 22.7 Å². The lowest BCUT2D eigenvalue weighted by molar-refractivity contribution is -0.127. The normalized spacial score (nSPS) is 20.0. The fourth-order valence-electron chi connectivity index (χ4n) is 4.84. The predicted molar refractivity (Wildman–Crippen MR) is 127 cm³/mol. The maximum atomic E-state index is 13.4. The number of hydrogen-bond acceptors (Lipinski definition) is 5. The third-order valence-electron chi connectivity index (χ3n) is 6.78. The lowest BCUT2D eigenvalue weighted by Crippen LogP contribution is -2.48. The number of amides is 2. The molecule has 1 aromatic carbocycles. The van der Waals surface area contributed by atoms with Crippen LogP contribution in [0.5, 0.6) is 5.75 Å². The van der Waals surface area contributed by atoms with Crippen LogP contribution in [0.2, 0.25) is 0 Å². The van der Waals surface area contributed by atoms with Gasteiger partial charge in [0.25, 0.3) is 5.91 Å². The summed E-state index contributed by atoms with van der Waals surface area (Å²) in [6.45, 7) is 5.11. The Labute approximate surface area is 197 Å². The molecule has 184 valence electrons. The standard InChI is InChI=1S/C24H37N3O5S/c1-4-27(5-2)33(30,31)20-13-14-22(32-3)21(16-20)24(29)26-15-9-10-18(17-26)23(28)25-19-11-7-6-8-12-19/h13-14,16,18-19H,4-12,15,17H2,1-3H3,(H,25,28). The molecule has 1 atom stereocenters. The second-order valence-electron chi connectivity index (χ2n) is 8.89. The van der Waals surface area contributed by atoms with Gasteiger partial charge in [-0.15, -0.1) is 0 Å². The molecule has 33 heavy (non-hydrogen) atoms. The molecule has 1 unspecified atom stereocenters. The summed E-state index contributed by atoms with van der Waals surface area (Å²) in [6, 6.07) is 4.64. The molecule has 1 saturated carbocycles. The van der Waals surface area contributed by atoms with E-state index in [4.69, 9.17) is 4.74 Å². The van der Waals surface area contributed by atoms with Gasteiger partial charge < -0.3 is 15.0 Å². The van der Waals surface area contributed by atoms with Gasteiger partial charge >= 0.3 is 0 Å². The fraction of sp³-hybridized carbons (Fsp3) is 0.667. The molecule has 1 heterocycles. The largest absolute Gasteiger partial charge is 0.496 e. The number of carbonyl (C=O) groups is 2. The zero-order chi connectivity index (χ0) is 24.0. The summed E-state index contributed by atoms with van der Waals surface area (Å²) in [4.78, 5) is 28.0. The maximum Gasteiger partial charge on any atom is 0.257 e. The van der Waals surface area contributed by atoms with E-state index >= 15 is 0 Å². The summed E-state index contributed by atoms with van der Waals surface area (Å²) in [7, 11) is -2.25. The van der Waals surface area contributed by atoms with Gasteiger partial charge in [-0.1, -0.05) is 33.1 Å². The van der Waals surface area contributed by atoms with Gasteiger partial charge in [0.2, 0.25) is 15.9 Å². The third-order valence-corrected chi connectivity index (χ3v) is 8.82. The van der Waals surface area contributed by atoms with Gasteiger partial charge in [0.1, 0.15) is 5.75 Å². The summed E-state index contributed by atoms with van der Waals surface area (Å²) in [6.07, 6.45) is 7.03. The number of carbonyl (C=O) groups excluding carboxylic acids is 2. The highest BCUT2D eigenvalue weighted by atomic mass is 32.2. The van der Waals surface area contributed by atoms with E-state index in [0.29, 0.717) is 31.9 Å². The van der Waals surface area contributed by atoms with Crippen molar-refractivity contribution in [1.29, 1.82) is 0 Å². The molecular weight excluding hydrogens is 442 g/mol. The zero-order valence-corrected chi connectivity index (χ0v) is 20.8. The number of hydrogen-bond donors (Lipinski definition) is 1. The van der Waals surface area contributed by atoms with E-state index in [1.54, 1.807) is 18.7 Å². The summed E-state index contributed by atoms with van der Waals surface area (Å²) in [5.74, 6) is -0.215. The van der Waals surface area contributed by atoms with E-state index in [2.05, 4.69) is 5.32 Å². The van der Waals surface area contributed by atoms with Crippen molar-refractivity contribution in [2.24, 2.45) is 5.92 Å². The van der Waals surface area contributed by atoms with Crippen molar-refractivity contribution in [1.82, 2.24) is 14.5 Å². The Hall–Kier alpha value is -2.13. The number of sulfonamides is 1. The van der Waals surface area contributed by atoms with Crippen LogP contribution in [0.3, 0.4) is 0 Å². The first-order valence-electron chi connectivity index (χ1n) is 12.1. The highest BCUT2D eigenvalue weighted by Gasteiger charge is 2.32. The third kappa shape index (κ3) is 5.87. The van der Waals surface area contributed by atoms with Gasteiger partial charge in [-0.3, -0.25) is 9.59 Å². The Balaban J connectivity index is 1.78. The number of methoxy groups -OCH3 is 1. The summed E-state index contributed by atoms with van der Waals surface area (Å²) in [5.41, 5.74) is 0.207. The predicted octanol–water partition coefficient (Wildman–Crippen LogP) is 3.03. The van der Waals surface area contributed by atoms with Crippen molar-refractivity contribution in [3.63, 3.8) is 0 Å². The zero-order valence-electron chi connectivity index (χ0n) is 20.0. The number of piperidine rings is 1. The second-order valence-corrected chi connectivity index (χ2v) is 10.8. The summed E-state index contributed by atoms with van der Waals surface area (Å²) < 4.78 is 32.7. The molecule has 2 fully saturated rings. The smallest absolute Gasteiger partial charge is 0.257 e. The van der Waals surface area contributed by atoms with Crippen molar-refractivity contribution in [3.05, 3.63) is 23.8 Å². The lowest BCUT2D eigenvalue weighted by Gasteiger charge is -2.34. The van der Waals surface area contributed by atoms with E-state index in [-0.39, 0.29) is 34.2 Å². The van der Waals surface area contributed by atoms with E-state index in [1.165, 1.54) is 36.0 Å². The second kappa shape index (κ2) is 11.3. The minimum Gasteiger partial charge on any atom is -0.496 e. The van der Waals surface area contributed by atoms with Crippen LogP contribution in [0.15, 0.2) is 23.1 Å². The maximum absolute atomic E-state index is 13.4. The first-order chi connectivity index (χ1) is 15.8. The molecule has 3 rings (SSSR count). The summed E-state index contributed by atoms with van der Waals surface area (Å²) in [5, 5.41) is 3.18. The van der Waals surface area contributed by atoms with Crippen LogP contribution in [0.25, 0.3) is 0 Å². The van der Waals surface area contributed by atoms with Gasteiger partial charge in [-0.25, -0.2) is 8.42 Å².